The highest BCUT2D eigenvalue weighted by atomic mass is 32.2. The summed E-state index contributed by atoms with van der Waals surface area (Å²) in [5.74, 6) is -2.93. The zero-order valence-corrected chi connectivity index (χ0v) is 16.6. The Morgan fingerprint density at radius 2 is 1.85 bits per heavy atom. The number of ether oxygens (including phenoxy) is 1. The number of anilines is 1. The number of aryl methyl sites for hydroxylation is 1. The van der Waals surface area contributed by atoms with Gasteiger partial charge in [0.15, 0.2) is 32.9 Å². The van der Waals surface area contributed by atoms with Crippen LogP contribution in [-0.4, -0.2) is 31.8 Å². The van der Waals surface area contributed by atoms with Crippen LogP contribution in [0.2, 0.25) is 0 Å². The molecule has 27 heavy (non-hydrogen) atoms. The van der Waals surface area contributed by atoms with Gasteiger partial charge in [0.2, 0.25) is 0 Å². The van der Waals surface area contributed by atoms with Crippen LogP contribution >= 0.6 is 0 Å². The molecule has 0 saturated heterocycles. The molecule has 0 aliphatic heterocycles. The minimum absolute atomic E-state index is 0.0303. The van der Waals surface area contributed by atoms with Gasteiger partial charge in [-0.15, -0.1) is 0 Å². The minimum Gasteiger partial charge on any atom is -0.489 e. The highest BCUT2D eigenvalue weighted by molar-refractivity contribution is 7.90. The van der Waals surface area contributed by atoms with Crippen molar-refractivity contribution in [1.29, 1.82) is 0 Å². The van der Waals surface area contributed by atoms with Gasteiger partial charge in [0.25, 0.3) is 5.91 Å². The first kappa shape index (κ1) is 20.9. The van der Waals surface area contributed by atoms with E-state index in [0.717, 1.165) is 18.4 Å². The third-order valence-corrected chi connectivity index (χ3v) is 4.63. The molecule has 9 heteroatoms. The fourth-order valence-electron chi connectivity index (χ4n) is 2.30. The van der Waals surface area contributed by atoms with Crippen LogP contribution in [0.1, 0.15) is 31.3 Å². The molecular weight excluding hydrogens is 378 g/mol. The van der Waals surface area contributed by atoms with E-state index < -0.39 is 27.4 Å². The highest BCUT2D eigenvalue weighted by Gasteiger charge is 2.28. The lowest BCUT2D eigenvalue weighted by molar-refractivity contribution is 0.101. The standard InChI is InChI=1S/C18H22F2N2O4S/c1-18(2,3)10-26-16-14(27(5,24)25)9-22(4)15(16)17(23)21-11-6-7-12(19)13(20)8-11/h6-9H,10H2,1-5H3,(H,21,23). The van der Waals surface area contributed by atoms with Gasteiger partial charge in [-0.2, -0.15) is 0 Å². The SMILES string of the molecule is Cn1cc(S(C)(=O)=O)c(OCC(C)(C)C)c1C(=O)Nc1ccc(F)c(F)c1. The van der Waals surface area contributed by atoms with Gasteiger partial charge in [-0.1, -0.05) is 20.8 Å². The number of nitrogens with zero attached hydrogens (tertiary/aromatic N) is 1. The normalized spacial score (nSPS) is 12.1. The van der Waals surface area contributed by atoms with Crippen molar-refractivity contribution in [3.05, 3.63) is 41.7 Å². The fourth-order valence-corrected chi connectivity index (χ4v) is 3.14. The van der Waals surface area contributed by atoms with Gasteiger partial charge in [-0.25, -0.2) is 17.2 Å². The largest absolute Gasteiger partial charge is 0.489 e. The Bertz CT molecular complexity index is 976. The van der Waals surface area contributed by atoms with E-state index in [4.69, 9.17) is 4.74 Å². The highest BCUT2D eigenvalue weighted by Crippen LogP contribution is 2.32. The van der Waals surface area contributed by atoms with Crippen LogP contribution in [0.15, 0.2) is 29.3 Å². The second kappa shape index (κ2) is 7.30. The lowest BCUT2D eigenvalue weighted by Crippen LogP contribution is -2.21. The predicted molar refractivity (Wildman–Crippen MR) is 97.8 cm³/mol. The molecule has 0 fully saturated rings. The Labute approximate surface area is 157 Å². The molecule has 1 aromatic heterocycles. The number of carbonyl (C=O) groups is 1. The van der Waals surface area contributed by atoms with E-state index in [9.17, 15) is 22.0 Å². The molecule has 0 radical (unpaired) electrons. The molecule has 0 aliphatic carbocycles. The molecule has 0 atom stereocenters. The van der Waals surface area contributed by atoms with Gasteiger partial charge in [0.1, 0.15) is 4.90 Å². The fraction of sp³-hybridized carbons (Fsp3) is 0.389. The van der Waals surface area contributed by atoms with Crippen molar-refractivity contribution in [2.75, 3.05) is 18.2 Å². The summed E-state index contributed by atoms with van der Waals surface area (Å²) in [4.78, 5) is 12.6. The summed E-state index contributed by atoms with van der Waals surface area (Å²) in [6.45, 7) is 5.87. The van der Waals surface area contributed by atoms with Gasteiger partial charge in [0, 0.05) is 31.3 Å². The van der Waals surface area contributed by atoms with Crippen molar-refractivity contribution in [2.45, 2.75) is 25.7 Å². The van der Waals surface area contributed by atoms with Crippen molar-refractivity contribution in [2.24, 2.45) is 12.5 Å². The van der Waals surface area contributed by atoms with E-state index in [1.165, 1.54) is 23.9 Å². The van der Waals surface area contributed by atoms with E-state index in [0.29, 0.717) is 0 Å². The van der Waals surface area contributed by atoms with Gasteiger partial charge in [-0.05, 0) is 17.5 Å². The van der Waals surface area contributed by atoms with Crippen molar-refractivity contribution >= 4 is 21.4 Å². The molecule has 148 valence electrons. The molecule has 0 saturated carbocycles. The lowest BCUT2D eigenvalue weighted by Gasteiger charge is -2.20. The van der Waals surface area contributed by atoms with Crippen molar-refractivity contribution < 1.29 is 26.7 Å². The summed E-state index contributed by atoms with van der Waals surface area (Å²) in [6, 6.07) is 2.92. The third kappa shape index (κ3) is 5.06. The molecule has 2 rings (SSSR count). The van der Waals surface area contributed by atoms with E-state index in [1.54, 1.807) is 0 Å². The maximum atomic E-state index is 13.4. The van der Waals surface area contributed by atoms with Crippen LogP contribution in [0.3, 0.4) is 0 Å². The maximum absolute atomic E-state index is 13.4. The predicted octanol–water partition coefficient (Wildman–Crippen LogP) is 3.38. The molecule has 1 aromatic carbocycles. The molecule has 0 aliphatic rings. The van der Waals surface area contributed by atoms with Crippen LogP contribution in [0.25, 0.3) is 0 Å². The average Bonchev–Trinajstić information content (AvgIpc) is 2.85. The molecule has 6 nitrogen and oxygen atoms in total. The van der Waals surface area contributed by atoms with E-state index in [2.05, 4.69) is 5.32 Å². The number of aromatic nitrogens is 1. The quantitative estimate of drug-likeness (QED) is 0.835. The summed E-state index contributed by atoms with van der Waals surface area (Å²) >= 11 is 0. The van der Waals surface area contributed by atoms with Gasteiger partial charge in [-0.3, -0.25) is 4.79 Å². The minimum atomic E-state index is -3.66. The first-order valence-electron chi connectivity index (χ1n) is 8.08. The van der Waals surface area contributed by atoms with Crippen LogP contribution in [-0.2, 0) is 16.9 Å². The summed E-state index contributed by atoms with van der Waals surface area (Å²) < 4.78 is 57.6. The molecule has 0 bridgehead atoms. The van der Waals surface area contributed by atoms with Crippen LogP contribution < -0.4 is 10.1 Å². The monoisotopic (exact) mass is 400 g/mol. The zero-order chi connectivity index (χ0) is 20.6. The molecule has 0 unspecified atom stereocenters. The zero-order valence-electron chi connectivity index (χ0n) is 15.8. The molecule has 1 amide bonds. The average molecular weight is 400 g/mol. The van der Waals surface area contributed by atoms with Crippen molar-refractivity contribution in [3.63, 3.8) is 0 Å². The summed E-state index contributed by atoms with van der Waals surface area (Å²) in [5, 5.41) is 2.43. The number of nitrogens with one attached hydrogen (secondary N) is 1. The lowest BCUT2D eigenvalue weighted by atomic mass is 9.99. The Balaban J connectivity index is 2.45. The number of rotatable bonds is 5. The van der Waals surface area contributed by atoms with Gasteiger partial charge < -0.3 is 14.6 Å². The number of hydrogen-bond donors (Lipinski definition) is 1. The Hall–Kier alpha value is -2.42. The number of amides is 1. The van der Waals surface area contributed by atoms with E-state index in [1.807, 2.05) is 20.8 Å². The van der Waals surface area contributed by atoms with Gasteiger partial charge in [0.05, 0.1) is 6.61 Å². The molecule has 1 N–H and O–H groups in total. The van der Waals surface area contributed by atoms with Crippen LogP contribution in [0.4, 0.5) is 14.5 Å². The summed E-state index contributed by atoms with van der Waals surface area (Å²) in [5.41, 5.74) is -0.287. The smallest absolute Gasteiger partial charge is 0.276 e. The second-order valence-corrected chi connectivity index (χ2v) is 9.47. The van der Waals surface area contributed by atoms with Crippen molar-refractivity contribution in [3.8, 4) is 5.75 Å². The topological polar surface area (TPSA) is 77.4 Å². The number of halogens is 2. The van der Waals surface area contributed by atoms with E-state index in [-0.39, 0.29) is 34.0 Å². The number of hydrogen-bond acceptors (Lipinski definition) is 4. The third-order valence-electron chi connectivity index (χ3n) is 3.54. The molecule has 2 aromatic rings. The Morgan fingerprint density at radius 1 is 1.22 bits per heavy atom. The maximum Gasteiger partial charge on any atom is 0.276 e. The number of sulfone groups is 1. The van der Waals surface area contributed by atoms with E-state index >= 15 is 0 Å². The summed E-state index contributed by atoms with van der Waals surface area (Å²) in [7, 11) is -2.16. The molecule has 0 spiro atoms. The Morgan fingerprint density at radius 3 is 2.37 bits per heavy atom. The van der Waals surface area contributed by atoms with Crippen LogP contribution in [0, 0.1) is 17.0 Å². The second-order valence-electron chi connectivity index (χ2n) is 7.49. The molecular formula is C18H22F2N2O4S. The summed E-state index contributed by atoms with van der Waals surface area (Å²) in [6.07, 6.45) is 2.30. The Kier molecular flexibility index (Phi) is 5.65. The first-order chi connectivity index (χ1) is 12.3. The molecule has 1 heterocycles. The first-order valence-corrected chi connectivity index (χ1v) is 9.97. The number of benzene rings is 1. The van der Waals surface area contributed by atoms with Crippen LogP contribution in [0.5, 0.6) is 5.75 Å². The number of carbonyl (C=O) groups excluding carboxylic acids is 1. The van der Waals surface area contributed by atoms with Gasteiger partial charge >= 0.3 is 0 Å². The van der Waals surface area contributed by atoms with Crippen molar-refractivity contribution in [1.82, 2.24) is 4.57 Å².